The molecule has 122 valence electrons. The molecule has 2 heterocycles. The zero-order chi connectivity index (χ0) is 16.1. The van der Waals surface area contributed by atoms with Crippen molar-refractivity contribution in [3.8, 4) is 0 Å². The Balaban J connectivity index is 1.43. The lowest BCUT2D eigenvalue weighted by molar-refractivity contribution is 0.0578. The van der Waals surface area contributed by atoms with Crippen molar-refractivity contribution in [1.82, 2.24) is 9.80 Å². The van der Waals surface area contributed by atoms with Crippen LogP contribution in [-0.4, -0.2) is 53.5 Å². The molecule has 1 aromatic carbocycles. The third-order valence-electron chi connectivity index (χ3n) is 4.29. The van der Waals surface area contributed by atoms with Crippen LogP contribution < -0.4 is 0 Å². The number of furan rings is 1. The standard InChI is InChI=1S/C18H22N2O3/c21-16(15-5-2-1-3-6-15)8-9-19-10-12-20(13-11-19)18(22)17-7-4-14-23-17/h1-7,14,16,21H,8-13H2. The maximum Gasteiger partial charge on any atom is 0.289 e. The normalized spacial score (nSPS) is 17.2. The molecule has 1 atom stereocenters. The molecular formula is C18H22N2O3. The number of amides is 1. The summed E-state index contributed by atoms with van der Waals surface area (Å²) >= 11 is 0. The number of piperazine rings is 1. The summed E-state index contributed by atoms with van der Waals surface area (Å²) in [6.07, 6.45) is 1.80. The largest absolute Gasteiger partial charge is 0.459 e. The highest BCUT2D eigenvalue weighted by atomic mass is 16.3. The third-order valence-corrected chi connectivity index (χ3v) is 4.29. The fraction of sp³-hybridized carbons (Fsp3) is 0.389. The maximum absolute atomic E-state index is 12.2. The molecule has 1 fully saturated rings. The van der Waals surface area contributed by atoms with Gasteiger partial charge in [-0.15, -0.1) is 0 Å². The minimum Gasteiger partial charge on any atom is -0.459 e. The van der Waals surface area contributed by atoms with Crippen molar-refractivity contribution in [2.75, 3.05) is 32.7 Å². The highest BCUT2D eigenvalue weighted by Gasteiger charge is 2.23. The molecule has 0 spiro atoms. The zero-order valence-electron chi connectivity index (χ0n) is 13.1. The predicted molar refractivity (Wildman–Crippen MR) is 87.1 cm³/mol. The van der Waals surface area contributed by atoms with Crippen LogP contribution in [0.2, 0.25) is 0 Å². The van der Waals surface area contributed by atoms with Gasteiger partial charge in [-0.3, -0.25) is 9.69 Å². The van der Waals surface area contributed by atoms with E-state index in [0.29, 0.717) is 25.3 Å². The summed E-state index contributed by atoms with van der Waals surface area (Å²) in [5, 5.41) is 10.2. The number of carbonyl (C=O) groups is 1. The highest BCUT2D eigenvalue weighted by molar-refractivity contribution is 5.91. The Morgan fingerprint density at radius 2 is 1.83 bits per heavy atom. The van der Waals surface area contributed by atoms with Gasteiger partial charge >= 0.3 is 0 Å². The molecule has 5 nitrogen and oxygen atoms in total. The van der Waals surface area contributed by atoms with Crippen LogP contribution >= 0.6 is 0 Å². The molecule has 0 saturated carbocycles. The van der Waals surface area contributed by atoms with Gasteiger partial charge in [-0.1, -0.05) is 30.3 Å². The van der Waals surface area contributed by atoms with Crippen LogP contribution in [0.1, 0.15) is 28.6 Å². The van der Waals surface area contributed by atoms with Gasteiger partial charge in [-0.05, 0) is 24.1 Å². The second-order valence-electron chi connectivity index (χ2n) is 5.83. The number of aliphatic hydroxyl groups is 1. The fourth-order valence-electron chi connectivity index (χ4n) is 2.88. The molecule has 3 rings (SSSR count). The number of hydrogen-bond acceptors (Lipinski definition) is 4. The number of nitrogens with zero attached hydrogens (tertiary/aromatic N) is 2. The number of aliphatic hydroxyl groups excluding tert-OH is 1. The first-order chi connectivity index (χ1) is 11.2. The Bertz CT molecular complexity index is 604. The van der Waals surface area contributed by atoms with Crippen LogP contribution in [0.25, 0.3) is 0 Å². The third kappa shape index (κ3) is 4.00. The predicted octanol–water partition coefficient (Wildman–Crippen LogP) is 2.16. The van der Waals surface area contributed by atoms with Crippen LogP contribution in [0.3, 0.4) is 0 Å². The Kier molecular flexibility index (Phi) is 5.10. The van der Waals surface area contributed by atoms with Gasteiger partial charge in [0.05, 0.1) is 12.4 Å². The van der Waals surface area contributed by atoms with Crippen molar-refractivity contribution in [1.29, 1.82) is 0 Å². The first-order valence-electron chi connectivity index (χ1n) is 8.02. The lowest BCUT2D eigenvalue weighted by Crippen LogP contribution is -2.48. The van der Waals surface area contributed by atoms with Gasteiger partial charge in [0.1, 0.15) is 0 Å². The van der Waals surface area contributed by atoms with E-state index in [1.807, 2.05) is 35.2 Å². The van der Waals surface area contributed by atoms with E-state index >= 15 is 0 Å². The summed E-state index contributed by atoms with van der Waals surface area (Å²) in [6.45, 7) is 3.88. The quantitative estimate of drug-likeness (QED) is 0.919. The van der Waals surface area contributed by atoms with Gasteiger partial charge < -0.3 is 14.4 Å². The lowest BCUT2D eigenvalue weighted by Gasteiger charge is -2.34. The lowest BCUT2D eigenvalue weighted by atomic mass is 10.1. The van der Waals surface area contributed by atoms with Crippen LogP contribution in [-0.2, 0) is 0 Å². The van der Waals surface area contributed by atoms with E-state index in [2.05, 4.69) is 4.90 Å². The highest BCUT2D eigenvalue weighted by Crippen LogP contribution is 2.17. The van der Waals surface area contributed by atoms with Crippen molar-refractivity contribution in [3.63, 3.8) is 0 Å². The van der Waals surface area contributed by atoms with Crippen molar-refractivity contribution in [2.45, 2.75) is 12.5 Å². The number of hydrogen-bond donors (Lipinski definition) is 1. The van der Waals surface area contributed by atoms with E-state index in [1.54, 1.807) is 12.1 Å². The van der Waals surface area contributed by atoms with Gasteiger partial charge in [-0.25, -0.2) is 0 Å². The monoisotopic (exact) mass is 314 g/mol. The number of benzene rings is 1. The summed E-state index contributed by atoms with van der Waals surface area (Å²) in [6, 6.07) is 13.2. The summed E-state index contributed by atoms with van der Waals surface area (Å²) in [5.74, 6) is 0.358. The van der Waals surface area contributed by atoms with Gasteiger partial charge in [0.15, 0.2) is 5.76 Å². The maximum atomic E-state index is 12.2. The SMILES string of the molecule is O=C(c1ccco1)N1CCN(CCC(O)c2ccccc2)CC1. The molecule has 1 aliphatic rings. The van der Waals surface area contributed by atoms with E-state index in [-0.39, 0.29) is 5.91 Å². The molecule has 23 heavy (non-hydrogen) atoms. The van der Waals surface area contributed by atoms with Crippen LogP contribution in [0.15, 0.2) is 53.1 Å². The van der Waals surface area contributed by atoms with Crippen molar-refractivity contribution in [2.24, 2.45) is 0 Å². The van der Waals surface area contributed by atoms with Crippen molar-refractivity contribution < 1.29 is 14.3 Å². The summed E-state index contributed by atoms with van der Waals surface area (Å²) in [7, 11) is 0. The fourth-order valence-corrected chi connectivity index (χ4v) is 2.88. The van der Waals surface area contributed by atoms with E-state index in [4.69, 9.17) is 4.42 Å². The zero-order valence-corrected chi connectivity index (χ0v) is 13.1. The molecule has 0 bridgehead atoms. The Morgan fingerprint density at radius 1 is 1.09 bits per heavy atom. The molecule has 1 unspecified atom stereocenters. The van der Waals surface area contributed by atoms with Gasteiger partial charge in [-0.2, -0.15) is 0 Å². The van der Waals surface area contributed by atoms with Crippen LogP contribution in [0, 0.1) is 0 Å². The first kappa shape index (κ1) is 15.8. The van der Waals surface area contributed by atoms with Crippen LogP contribution in [0.4, 0.5) is 0 Å². The molecule has 1 aliphatic heterocycles. The minimum atomic E-state index is -0.431. The average Bonchev–Trinajstić information content (AvgIpc) is 3.15. The summed E-state index contributed by atoms with van der Waals surface area (Å²) < 4.78 is 5.17. The Morgan fingerprint density at radius 3 is 2.48 bits per heavy atom. The van der Waals surface area contributed by atoms with Crippen molar-refractivity contribution in [3.05, 3.63) is 60.1 Å². The van der Waals surface area contributed by atoms with Crippen LogP contribution in [0.5, 0.6) is 0 Å². The minimum absolute atomic E-state index is 0.0426. The van der Waals surface area contributed by atoms with E-state index in [0.717, 1.165) is 25.2 Å². The second-order valence-corrected chi connectivity index (χ2v) is 5.83. The molecule has 1 saturated heterocycles. The van der Waals surface area contributed by atoms with Gasteiger partial charge in [0.2, 0.25) is 0 Å². The van der Waals surface area contributed by atoms with E-state index in [1.165, 1.54) is 6.26 Å². The smallest absolute Gasteiger partial charge is 0.289 e. The molecule has 0 aliphatic carbocycles. The number of carbonyl (C=O) groups excluding carboxylic acids is 1. The molecular weight excluding hydrogens is 292 g/mol. The Hall–Kier alpha value is -2.11. The van der Waals surface area contributed by atoms with E-state index in [9.17, 15) is 9.90 Å². The first-order valence-corrected chi connectivity index (χ1v) is 8.02. The molecule has 2 aromatic rings. The Labute approximate surface area is 136 Å². The molecule has 1 amide bonds. The molecule has 5 heteroatoms. The molecule has 1 N–H and O–H groups in total. The van der Waals surface area contributed by atoms with Gasteiger partial charge in [0, 0.05) is 32.7 Å². The van der Waals surface area contributed by atoms with Crippen molar-refractivity contribution >= 4 is 5.91 Å². The average molecular weight is 314 g/mol. The second kappa shape index (κ2) is 7.44. The van der Waals surface area contributed by atoms with E-state index < -0.39 is 6.10 Å². The molecule has 0 radical (unpaired) electrons. The summed E-state index contributed by atoms with van der Waals surface area (Å²) in [5.41, 5.74) is 0.958. The molecule has 1 aromatic heterocycles. The summed E-state index contributed by atoms with van der Waals surface area (Å²) in [4.78, 5) is 16.3. The number of rotatable bonds is 5. The topological polar surface area (TPSA) is 56.9 Å². The van der Waals surface area contributed by atoms with Gasteiger partial charge in [0.25, 0.3) is 5.91 Å².